The molecule has 0 amide bonds. The largest absolute Gasteiger partial charge is 0.244 e. The van der Waals surface area contributed by atoms with Crippen molar-refractivity contribution >= 4 is 69.2 Å². The van der Waals surface area contributed by atoms with Gasteiger partial charge >= 0.3 is 0 Å². The minimum atomic E-state index is 0. The van der Waals surface area contributed by atoms with Gasteiger partial charge in [-0.25, -0.2) is 9.97 Å². The smallest absolute Gasteiger partial charge is 0.110 e. The molecule has 0 saturated carbocycles. The first-order chi connectivity index (χ1) is 7.75. The maximum Gasteiger partial charge on any atom is 0.110 e. The average molecular weight is 368 g/mol. The fraction of sp³-hybridized carbons (Fsp3) is 0. The molecule has 3 rings (SSSR count). The standard InChI is InChI=1S/C12H6Cl2N2.Sn/c13-7-5-6-10-12(11(7)14)16-9-4-2-1-3-8(9)15-10;/h1-6H;. The SMILES string of the molecule is Clc1ccc2nc3ccccc3nc2c1Cl.[Sn]. The predicted molar refractivity (Wildman–Crippen MR) is 72.8 cm³/mol. The number of aromatic nitrogens is 2. The van der Waals surface area contributed by atoms with Gasteiger partial charge < -0.3 is 0 Å². The molecule has 0 atom stereocenters. The molecular formula is C12H6Cl2N2Sn. The third kappa shape index (κ3) is 2.21. The molecule has 4 radical (unpaired) electrons. The maximum atomic E-state index is 6.09. The molecule has 0 saturated heterocycles. The van der Waals surface area contributed by atoms with E-state index in [-0.39, 0.29) is 23.9 Å². The molecule has 5 heteroatoms. The summed E-state index contributed by atoms with van der Waals surface area (Å²) >= 11 is 12.0. The number of fused-ring (bicyclic) bond motifs is 2. The van der Waals surface area contributed by atoms with E-state index in [1.807, 2.05) is 30.3 Å². The molecule has 0 N–H and O–H groups in total. The summed E-state index contributed by atoms with van der Waals surface area (Å²) in [7, 11) is 0. The van der Waals surface area contributed by atoms with Crippen LogP contribution in [0.1, 0.15) is 0 Å². The normalized spacial score (nSPS) is 10.5. The molecule has 1 aromatic heterocycles. The van der Waals surface area contributed by atoms with Gasteiger partial charge in [0.1, 0.15) is 5.52 Å². The van der Waals surface area contributed by atoms with Gasteiger partial charge in [0.25, 0.3) is 0 Å². The summed E-state index contributed by atoms with van der Waals surface area (Å²) in [6, 6.07) is 11.2. The first kappa shape index (κ1) is 12.9. The van der Waals surface area contributed by atoms with Crippen LogP contribution in [0.2, 0.25) is 10.0 Å². The third-order valence-electron chi connectivity index (χ3n) is 2.40. The van der Waals surface area contributed by atoms with Crippen LogP contribution in [-0.2, 0) is 0 Å². The van der Waals surface area contributed by atoms with E-state index in [0.29, 0.717) is 15.6 Å². The number of hydrogen-bond acceptors (Lipinski definition) is 2. The van der Waals surface area contributed by atoms with Crippen molar-refractivity contribution in [1.29, 1.82) is 0 Å². The second kappa shape index (κ2) is 4.96. The molecule has 3 aromatic rings. The second-order valence-electron chi connectivity index (χ2n) is 3.44. The van der Waals surface area contributed by atoms with Gasteiger partial charge in [-0.3, -0.25) is 0 Å². The van der Waals surface area contributed by atoms with Crippen LogP contribution in [0, 0.1) is 0 Å². The van der Waals surface area contributed by atoms with Crippen LogP contribution < -0.4 is 0 Å². The van der Waals surface area contributed by atoms with E-state index >= 15 is 0 Å². The summed E-state index contributed by atoms with van der Waals surface area (Å²) < 4.78 is 0. The van der Waals surface area contributed by atoms with E-state index < -0.39 is 0 Å². The summed E-state index contributed by atoms with van der Waals surface area (Å²) in [6.45, 7) is 0. The Morgan fingerprint density at radius 3 is 2.12 bits per heavy atom. The fourth-order valence-corrected chi connectivity index (χ4v) is 1.98. The van der Waals surface area contributed by atoms with Crippen molar-refractivity contribution < 1.29 is 0 Å². The third-order valence-corrected chi connectivity index (χ3v) is 3.20. The summed E-state index contributed by atoms with van der Waals surface area (Å²) in [6.07, 6.45) is 0. The minimum absolute atomic E-state index is 0. The van der Waals surface area contributed by atoms with Crippen molar-refractivity contribution in [2.24, 2.45) is 0 Å². The molecule has 0 bridgehead atoms. The number of para-hydroxylation sites is 2. The molecular weight excluding hydrogens is 362 g/mol. The zero-order valence-corrected chi connectivity index (χ0v) is 13.0. The van der Waals surface area contributed by atoms with Crippen molar-refractivity contribution in [2.45, 2.75) is 0 Å². The molecule has 2 nitrogen and oxygen atoms in total. The molecule has 17 heavy (non-hydrogen) atoms. The van der Waals surface area contributed by atoms with E-state index in [4.69, 9.17) is 23.2 Å². The summed E-state index contributed by atoms with van der Waals surface area (Å²) in [5, 5.41) is 0.955. The molecule has 0 aliphatic heterocycles. The molecule has 0 fully saturated rings. The van der Waals surface area contributed by atoms with E-state index in [2.05, 4.69) is 9.97 Å². The Morgan fingerprint density at radius 1 is 0.765 bits per heavy atom. The zero-order chi connectivity index (χ0) is 11.1. The van der Waals surface area contributed by atoms with E-state index in [1.165, 1.54) is 0 Å². The second-order valence-corrected chi connectivity index (χ2v) is 4.23. The first-order valence-corrected chi connectivity index (χ1v) is 5.52. The Balaban J connectivity index is 0.00000108. The van der Waals surface area contributed by atoms with Crippen LogP contribution in [-0.4, -0.2) is 33.9 Å². The van der Waals surface area contributed by atoms with Crippen LogP contribution in [0.5, 0.6) is 0 Å². The Labute approximate surface area is 125 Å². The number of nitrogens with zero attached hydrogens (tertiary/aromatic N) is 2. The van der Waals surface area contributed by atoms with Crippen LogP contribution in [0.3, 0.4) is 0 Å². The zero-order valence-electron chi connectivity index (χ0n) is 8.61. The number of hydrogen-bond donors (Lipinski definition) is 0. The Bertz CT molecular complexity index is 700. The van der Waals surface area contributed by atoms with Crippen molar-refractivity contribution in [2.75, 3.05) is 0 Å². The van der Waals surface area contributed by atoms with Gasteiger partial charge in [0, 0.05) is 23.9 Å². The number of benzene rings is 2. The number of halogens is 2. The van der Waals surface area contributed by atoms with Gasteiger partial charge in [0.15, 0.2) is 0 Å². The summed E-state index contributed by atoms with van der Waals surface area (Å²) in [5.41, 5.74) is 3.08. The van der Waals surface area contributed by atoms with Gasteiger partial charge in [-0.15, -0.1) is 0 Å². The summed E-state index contributed by atoms with van der Waals surface area (Å²) in [5.74, 6) is 0. The van der Waals surface area contributed by atoms with E-state index in [9.17, 15) is 0 Å². The van der Waals surface area contributed by atoms with Gasteiger partial charge in [0.2, 0.25) is 0 Å². The molecule has 0 unspecified atom stereocenters. The molecule has 0 aliphatic rings. The van der Waals surface area contributed by atoms with E-state index in [1.54, 1.807) is 6.07 Å². The Morgan fingerprint density at radius 2 is 1.41 bits per heavy atom. The van der Waals surface area contributed by atoms with Crippen molar-refractivity contribution in [1.82, 2.24) is 9.97 Å². The molecule has 1 heterocycles. The maximum absolute atomic E-state index is 6.09. The molecule has 82 valence electrons. The van der Waals surface area contributed by atoms with Gasteiger partial charge in [0.05, 0.1) is 26.6 Å². The quantitative estimate of drug-likeness (QED) is 0.447. The molecule has 2 aromatic carbocycles. The van der Waals surface area contributed by atoms with Crippen molar-refractivity contribution in [3.05, 3.63) is 46.4 Å². The van der Waals surface area contributed by atoms with Crippen LogP contribution in [0.15, 0.2) is 36.4 Å². The van der Waals surface area contributed by atoms with Crippen molar-refractivity contribution in [3.63, 3.8) is 0 Å². The Hall–Kier alpha value is -0.581. The molecule has 0 spiro atoms. The van der Waals surface area contributed by atoms with Crippen LogP contribution in [0.4, 0.5) is 0 Å². The monoisotopic (exact) mass is 368 g/mol. The van der Waals surface area contributed by atoms with E-state index in [0.717, 1.165) is 16.6 Å². The topological polar surface area (TPSA) is 25.8 Å². The van der Waals surface area contributed by atoms with Gasteiger partial charge in [-0.1, -0.05) is 35.3 Å². The van der Waals surface area contributed by atoms with Gasteiger partial charge in [-0.2, -0.15) is 0 Å². The first-order valence-electron chi connectivity index (χ1n) is 4.76. The van der Waals surface area contributed by atoms with Crippen LogP contribution >= 0.6 is 23.2 Å². The van der Waals surface area contributed by atoms with Crippen molar-refractivity contribution in [3.8, 4) is 0 Å². The predicted octanol–water partition coefficient (Wildman–Crippen LogP) is 3.71. The Kier molecular flexibility index (Phi) is 3.75. The fourth-order valence-electron chi connectivity index (χ4n) is 1.63. The number of rotatable bonds is 0. The van der Waals surface area contributed by atoms with Crippen LogP contribution in [0.25, 0.3) is 22.1 Å². The minimum Gasteiger partial charge on any atom is -0.244 e. The molecule has 0 aliphatic carbocycles. The average Bonchev–Trinajstić information content (AvgIpc) is 2.32. The van der Waals surface area contributed by atoms with Gasteiger partial charge in [-0.05, 0) is 24.3 Å². The summed E-state index contributed by atoms with van der Waals surface area (Å²) in [4.78, 5) is 8.93.